The maximum absolute atomic E-state index is 14.0. The van der Waals surface area contributed by atoms with E-state index in [-0.39, 0.29) is 5.56 Å². The Morgan fingerprint density at radius 2 is 1.89 bits per heavy atom. The number of amides is 1. The van der Waals surface area contributed by atoms with E-state index in [2.05, 4.69) is 15.5 Å². The lowest BCUT2D eigenvalue weighted by atomic mass is 10.1. The van der Waals surface area contributed by atoms with Crippen LogP contribution in [-0.2, 0) is 10.0 Å². The number of carbonyl (C=O) groups excluding carboxylic acids is 1. The number of hydrogen-bond donors (Lipinski definition) is 1. The average molecular weight is 404 g/mol. The van der Waals surface area contributed by atoms with E-state index >= 15 is 0 Å². The number of nitrogens with zero attached hydrogens (tertiary/aromatic N) is 3. The van der Waals surface area contributed by atoms with Gasteiger partial charge >= 0.3 is 0 Å². The minimum atomic E-state index is -4.04. The molecular weight excluding hydrogens is 387 g/mol. The summed E-state index contributed by atoms with van der Waals surface area (Å²) in [5.74, 6) is -0.882. The van der Waals surface area contributed by atoms with Gasteiger partial charge < -0.3 is 9.84 Å². The molecule has 10 heteroatoms. The third-order valence-corrected chi connectivity index (χ3v) is 5.73. The Labute approximate surface area is 161 Å². The zero-order valence-corrected chi connectivity index (χ0v) is 16.1. The number of sulfonamides is 1. The summed E-state index contributed by atoms with van der Waals surface area (Å²) in [4.78, 5) is 16.2. The maximum Gasteiger partial charge on any atom is 0.255 e. The normalized spacial score (nSPS) is 11.6. The molecule has 1 N–H and O–H groups in total. The van der Waals surface area contributed by atoms with Gasteiger partial charge in [-0.05, 0) is 30.3 Å². The molecule has 0 bridgehead atoms. The molecule has 1 aromatic heterocycles. The van der Waals surface area contributed by atoms with Gasteiger partial charge in [0, 0.05) is 32.1 Å². The average Bonchev–Trinajstić information content (AvgIpc) is 3.08. The molecule has 0 saturated heterocycles. The highest BCUT2D eigenvalue weighted by atomic mass is 32.2. The third-order valence-electron chi connectivity index (χ3n) is 3.90. The minimum absolute atomic E-state index is 0.0130. The van der Waals surface area contributed by atoms with Crippen molar-refractivity contribution in [2.45, 2.75) is 11.8 Å². The number of carbonyl (C=O) groups is 1. The molecule has 28 heavy (non-hydrogen) atoms. The number of halogens is 1. The van der Waals surface area contributed by atoms with Crippen LogP contribution < -0.4 is 5.32 Å². The van der Waals surface area contributed by atoms with Gasteiger partial charge in [-0.15, -0.1) is 0 Å². The van der Waals surface area contributed by atoms with E-state index < -0.39 is 26.6 Å². The predicted molar refractivity (Wildman–Crippen MR) is 99.7 cm³/mol. The van der Waals surface area contributed by atoms with Gasteiger partial charge in [0.2, 0.25) is 21.7 Å². The van der Waals surface area contributed by atoms with Crippen molar-refractivity contribution >= 4 is 21.6 Å². The van der Waals surface area contributed by atoms with Crippen molar-refractivity contribution in [3.05, 3.63) is 59.7 Å². The number of anilines is 1. The van der Waals surface area contributed by atoms with E-state index in [9.17, 15) is 17.6 Å². The van der Waals surface area contributed by atoms with Crippen molar-refractivity contribution in [2.75, 3.05) is 19.4 Å². The first-order valence-corrected chi connectivity index (χ1v) is 9.57. The molecule has 1 heterocycles. The molecule has 146 valence electrons. The van der Waals surface area contributed by atoms with Gasteiger partial charge in [-0.1, -0.05) is 17.3 Å². The van der Waals surface area contributed by atoms with Crippen LogP contribution in [0.15, 0.2) is 51.9 Å². The first kappa shape index (κ1) is 19.6. The van der Waals surface area contributed by atoms with Gasteiger partial charge in [0.05, 0.1) is 5.69 Å². The highest BCUT2D eigenvalue weighted by molar-refractivity contribution is 7.89. The molecule has 0 fully saturated rings. The molecule has 0 saturated carbocycles. The third kappa shape index (κ3) is 3.78. The second-order valence-electron chi connectivity index (χ2n) is 6.07. The largest absolute Gasteiger partial charge is 0.339 e. The topological polar surface area (TPSA) is 105 Å². The molecule has 3 rings (SSSR count). The van der Waals surface area contributed by atoms with Crippen LogP contribution in [-0.4, -0.2) is 42.9 Å². The summed E-state index contributed by atoms with van der Waals surface area (Å²) in [6.07, 6.45) is 0. The van der Waals surface area contributed by atoms with Gasteiger partial charge in [0.15, 0.2) is 0 Å². The Hall–Kier alpha value is -3.11. The molecule has 0 aliphatic heterocycles. The van der Waals surface area contributed by atoms with Crippen molar-refractivity contribution in [2.24, 2.45) is 0 Å². The Morgan fingerprint density at radius 1 is 1.18 bits per heavy atom. The van der Waals surface area contributed by atoms with Crippen LogP contribution in [0.4, 0.5) is 10.1 Å². The van der Waals surface area contributed by atoms with Gasteiger partial charge in [0.25, 0.3) is 5.91 Å². The Kier molecular flexibility index (Phi) is 5.25. The SMILES string of the molecule is Cc1nc(-c2ccccc2NC(=O)c2ccc(F)c(S(=O)(=O)N(C)C)c2)no1. The molecule has 0 aliphatic carbocycles. The molecule has 8 nitrogen and oxygen atoms in total. The molecule has 0 aliphatic rings. The predicted octanol–water partition coefficient (Wildman–Crippen LogP) is 2.69. The molecule has 0 spiro atoms. The summed E-state index contributed by atoms with van der Waals surface area (Å²) in [6.45, 7) is 1.64. The van der Waals surface area contributed by atoms with Crippen molar-refractivity contribution in [1.82, 2.24) is 14.4 Å². The van der Waals surface area contributed by atoms with E-state index in [0.717, 1.165) is 16.4 Å². The Balaban J connectivity index is 1.95. The Morgan fingerprint density at radius 3 is 2.54 bits per heavy atom. The standard InChI is InChI=1S/C18H17FN4O4S/c1-11-20-17(22-27-11)13-6-4-5-7-15(13)21-18(24)12-8-9-14(19)16(10-12)28(25,26)23(2)3/h4-10H,1-3H3,(H,21,24). The lowest BCUT2D eigenvalue weighted by Crippen LogP contribution is -2.24. The summed E-state index contributed by atoms with van der Waals surface area (Å²) in [6, 6.07) is 9.95. The van der Waals surface area contributed by atoms with Crippen molar-refractivity contribution < 1.29 is 22.1 Å². The second-order valence-corrected chi connectivity index (χ2v) is 8.19. The van der Waals surface area contributed by atoms with Crippen molar-refractivity contribution in [3.8, 4) is 11.4 Å². The molecular formula is C18H17FN4O4S. The first-order chi connectivity index (χ1) is 13.2. The summed E-state index contributed by atoms with van der Waals surface area (Å²) < 4.78 is 44.4. The minimum Gasteiger partial charge on any atom is -0.339 e. The van der Waals surface area contributed by atoms with Crippen LogP contribution >= 0.6 is 0 Å². The number of para-hydroxylation sites is 1. The van der Waals surface area contributed by atoms with Gasteiger partial charge in [-0.25, -0.2) is 17.1 Å². The van der Waals surface area contributed by atoms with Crippen molar-refractivity contribution in [1.29, 1.82) is 0 Å². The summed E-state index contributed by atoms with van der Waals surface area (Å²) in [5.41, 5.74) is 0.909. The fourth-order valence-corrected chi connectivity index (χ4v) is 3.41. The van der Waals surface area contributed by atoms with Gasteiger partial charge in [0.1, 0.15) is 10.7 Å². The number of nitrogens with one attached hydrogen (secondary N) is 1. The number of hydrogen-bond acceptors (Lipinski definition) is 6. The van der Waals surface area contributed by atoms with Gasteiger partial charge in [-0.2, -0.15) is 4.98 Å². The number of aryl methyl sites for hydroxylation is 1. The zero-order valence-electron chi connectivity index (χ0n) is 15.3. The molecule has 0 radical (unpaired) electrons. The van der Waals surface area contributed by atoms with Crippen LogP contribution in [0.5, 0.6) is 0 Å². The van der Waals surface area contributed by atoms with Crippen LogP contribution in [0.1, 0.15) is 16.2 Å². The first-order valence-electron chi connectivity index (χ1n) is 8.13. The van der Waals surface area contributed by atoms with E-state index in [1.807, 2.05) is 0 Å². The molecule has 3 aromatic rings. The zero-order chi connectivity index (χ0) is 20.5. The maximum atomic E-state index is 14.0. The number of rotatable bonds is 5. The lowest BCUT2D eigenvalue weighted by molar-refractivity contribution is 0.102. The van der Waals surface area contributed by atoms with Crippen LogP contribution in [0, 0.1) is 12.7 Å². The molecule has 1 amide bonds. The summed E-state index contributed by atoms with van der Waals surface area (Å²) >= 11 is 0. The highest BCUT2D eigenvalue weighted by Gasteiger charge is 2.24. The van der Waals surface area contributed by atoms with E-state index in [4.69, 9.17) is 4.52 Å². The molecule has 0 unspecified atom stereocenters. The van der Waals surface area contributed by atoms with Crippen molar-refractivity contribution in [3.63, 3.8) is 0 Å². The van der Waals surface area contributed by atoms with Crippen LogP contribution in [0.2, 0.25) is 0 Å². The number of benzene rings is 2. The monoisotopic (exact) mass is 404 g/mol. The quantitative estimate of drug-likeness (QED) is 0.701. The van der Waals surface area contributed by atoms with E-state index in [1.165, 1.54) is 20.2 Å². The van der Waals surface area contributed by atoms with Crippen LogP contribution in [0.3, 0.4) is 0 Å². The number of aromatic nitrogens is 2. The fourth-order valence-electron chi connectivity index (χ4n) is 2.43. The highest BCUT2D eigenvalue weighted by Crippen LogP contribution is 2.26. The Bertz CT molecular complexity index is 1140. The smallest absolute Gasteiger partial charge is 0.255 e. The summed E-state index contributed by atoms with van der Waals surface area (Å²) in [7, 11) is -1.47. The fraction of sp³-hybridized carbons (Fsp3) is 0.167. The van der Waals surface area contributed by atoms with Gasteiger partial charge in [-0.3, -0.25) is 4.79 Å². The van der Waals surface area contributed by atoms with E-state index in [1.54, 1.807) is 31.2 Å². The second kappa shape index (κ2) is 7.49. The van der Waals surface area contributed by atoms with Crippen LogP contribution in [0.25, 0.3) is 11.4 Å². The summed E-state index contributed by atoms with van der Waals surface area (Å²) in [5, 5.41) is 6.50. The lowest BCUT2D eigenvalue weighted by Gasteiger charge is -2.13. The molecule has 2 aromatic carbocycles. The molecule has 0 atom stereocenters. The van der Waals surface area contributed by atoms with E-state index in [0.29, 0.717) is 23.0 Å².